The maximum Gasteiger partial charge on any atom is 0.0309 e. The van der Waals surface area contributed by atoms with Crippen LogP contribution in [-0.4, -0.2) is 35.6 Å². The Morgan fingerprint density at radius 2 is 1.80 bits per heavy atom. The number of hydrogen-bond acceptors (Lipinski definition) is 2. The van der Waals surface area contributed by atoms with Crippen LogP contribution in [0.15, 0.2) is 0 Å². The summed E-state index contributed by atoms with van der Waals surface area (Å²) in [6.45, 7) is 12.3. The molecule has 2 heteroatoms. The number of rotatable bonds is 3. The van der Waals surface area contributed by atoms with Gasteiger partial charge in [-0.05, 0) is 50.4 Å². The summed E-state index contributed by atoms with van der Waals surface area (Å²) in [5.41, 5.74) is 0.391. The zero-order chi connectivity index (χ0) is 14.3. The van der Waals surface area contributed by atoms with Gasteiger partial charge in [0.1, 0.15) is 0 Å². The van der Waals surface area contributed by atoms with Crippen LogP contribution in [-0.2, 0) is 0 Å². The quantitative estimate of drug-likeness (QED) is 0.847. The van der Waals surface area contributed by atoms with Crippen molar-refractivity contribution in [2.45, 2.75) is 83.8 Å². The van der Waals surface area contributed by atoms with Gasteiger partial charge in [0.25, 0.3) is 0 Å². The van der Waals surface area contributed by atoms with Crippen LogP contribution in [0.5, 0.6) is 0 Å². The highest BCUT2D eigenvalue weighted by Gasteiger charge is 2.48. The molecule has 1 aliphatic heterocycles. The summed E-state index contributed by atoms with van der Waals surface area (Å²) in [5, 5.41) is 3.93. The molecule has 116 valence electrons. The Hall–Kier alpha value is -0.0800. The molecule has 3 rings (SSSR count). The molecule has 1 heterocycles. The summed E-state index contributed by atoms with van der Waals surface area (Å²) in [5.74, 6) is 2.60. The Balaban J connectivity index is 1.77. The Labute approximate surface area is 125 Å². The smallest absolute Gasteiger partial charge is 0.0309 e. The molecule has 3 aliphatic rings. The maximum absolute atomic E-state index is 3.93. The number of piperazine rings is 1. The van der Waals surface area contributed by atoms with Crippen molar-refractivity contribution >= 4 is 0 Å². The minimum atomic E-state index is 0.391. The zero-order valence-electron chi connectivity index (χ0n) is 14.0. The van der Waals surface area contributed by atoms with E-state index in [2.05, 4.69) is 37.9 Å². The number of hydrogen-bond donors (Lipinski definition) is 1. The molecular weight excluding hydrogens is 244 g/mol. The summed E-state index contributed by atoms with van der Waals surface area (Å²) in [7, 11) is 0. The molecule has 1 N–H and O–H groups in total. The average Bonchev–Trinajstić information content (AvgIpc) is 3.23. The van der Waals surface area contributed by atoms with E-state index >= 15 is 0 Å². The minimum Gasteiger partial charge on any atom is -0.308 e. The van der Waals surface area contributed by atoms with E-state index in [-0.39, 0.29) is 0 Å². The molecule has 0 bridgehead atoms. The van der Waals surface area contributed by atoms with E-state index in [1.54, 1.807) is 0 Å². The van der Waals surface area contributed by atoms with Crippen molar-refractivity contribution in [2.75, 3.05) is 13.1 Å². The van der Waals surface area contributed by atoms with Crippen LogP contribution in [0.3, 0.4) is 0 Å². The third kappa shape index (κ3) is 2.78. The molecule has 0 spiro atoms. The van der Waals surface area contributed by atoms with Gasteiger partial charge in [-0.3, -0.25) is 4.90 Å². The molecule has 0 aromatic heterocycles. The second-order valence-corrected chi connectivity index (χ2v) is 8.39. The van der Waals surface area contributed by atoms with Gasteiger partial charge in [-0.1, -0.05) is 33.6 Å². The molecule has 20 heavy (non-hydrogen) atoms. The Bertz CT molecular complexity index is 336. The van der Waals surface area contributed by atoms with Gasteiger partial charge in [-0.2, -0.15) is 0 Å². The van der Waals surface area contributed by atoms with Crippen LogP contribution >= 0.6 is 0 Å². The molecule has 2 saturated carbocycles. The van der Waals surface area contributed by atoms with Crippen molar-refractivity contribution in [3.05, 3.63) is 0 Å². The Morgan fingerprint density at radius 3 is 2.40 bits per heavy atom. The van der Waals surface area contributed by atoms with Gasteiger partial charge in [0.15, 0.2) is 0 Å². The van der Waals surface area contributed by atoms with E-state index in [1.807, 2.05) is 0 Å². The predicted molar refractivity (Wildman–Crippen MR) is 85.9 cm³/mol. The van der Waals surface area contributed by atoms with Crippen molar-refractivity contribution in [3.63, 3.8) is 0 Å². The van der Waals surface area contributed by atoms with Crippen molar-refractivity contribution in [3.8, 4) is 0 Å². The standard InChI is InChI=1S/C18H34N2/c1-13(2)17-11-19-18(4,15-9-10-15)12-20(17)16-8-6-5-7-14(16)3/h13-17,19H,5-12H2,1-4H3. The molecule has 0 radical (unpaired) electrons. The second kappa shape index (κ2) is 5.61. The second-order valence-electron chi connectivity index (χ2n) is 8.39. The molecule has 0 aromatic rings. The predicted octanol–water partition coefficient (Wildman–Crippen LogP) is 3.66. The summed E-state index contributed by atoms with van der Waals surface area (Å²) in [6.07, 6.45) is 8.68. The van der Waals surface area contributed by atoms with Crippen LogP contribution in [0.4, 0.5) is 0 Å². The van der Waals surface area contributed by atoms with E-state index in [1.165, 1.54) is 51.6 Å². The molecule has 4 unspecified atom stereocenters. The van der Waals surface area contributed by atoms with Crippen LogP contribution in [0.1, 0.15) is 66.2 Å². The molecular formula is C18H34N2. The maximum atomic E-state index is 3.93. The van der Waals surface area contributed by atoms with Gasteiger partial charge < -0.3 is 5.32 Å². The summed E-state index contributed by atoms with van der Waals surface area (Å²) >= 11 is 0. The highest BCUT2D eigenvalue weighted by molar-refractivity contribution is 5.06. The zero-order valence-corrected chi connectivity index (χ0v) is 14.0. The van der Waals surface area contributed by atoms with E-state index in [4.69, 9.17) is 0 Å². The monoisotopic (exact) mass is 278 g/mol. The largest absolute Gasteiger partial charge is 0.308 e. The lowest BCUT2D eigenvalue weighted by molar-refractivity contribution is -0.0118. The SMILES string of the molecule is CC(C)C1CNC(C)(C2CC2)CN1C1CCCCC1C. The summed E-state index contributed by atoms with van der Waals surface area (Å²) < 4.78 is 0. The molecule has 1 saturated heterocycles. The fraction of sp³-hybridized carbons (Fsp3) is 1.00. The lowest BCUT2D eigenvalue weighted by Crippen LogP contribution is -2.68. The fourth-order valence-corrected chi connectivity index (χ4v) is 4.77. The first-order valence-electron chi connectivity index (χ1n) is 9.02. The topological polar surface area (TPSA) is 15.3 Å². The molecule has 0 amide bonds. The van der Waals surface area contributed by atoms with Crippen LogP contribution in [0.2, 0.25) is 0 Å². The molecule has 2 nitrogen and oxygen atoms in total. The van der Waals surface area contributed by atoms with Gasteiger partial charge in [-0.15, -0.1) is 0 Å². The molecule has 4 atom stereocenters. The first-order valence-corrected chi connectivity index (χ1v) is 9.02. The van der Waals surface area contributed by atoms with Crippen molar-refractivity contribution in [1.29, 1.82) is 0 Å². The third-order valence-corrected chi connectivity index (χ3v) is 6.39. The minimum absolute atomic E-state index is 0.391. The highest BCUT2D eigenvalue weighted by Crippen LogP contribution is 2.43. The van der Waals surface area contributed by atoms with Gasteiger partial charge in [0.2, 0.25) is 0 Å². The first kappa shape index (κ1) is 14.8. The van der Waals surface area contributed by atoms with Crippen LogP contribution in [0.25, 0.3) is 0 Å². The van der Waals surface area contributed by atoms with Gasteiger partial charge >= 0.3 is 0 Å². The first-order chi connectivity index (χ1) is 9.51. The van der Waals surface area contributed by atoms with Gasteiger partial charge in [-0.25, -0.2) is 0 Å². The van der Waals surface area contributed by atoms with E-state index in [0.717, 1.165) is 29.8 Å². The summed E-state index contributed by atoms with van der Waals surface area (Å²) in [6, 6.07) is 1.59. The number of nitrogens with zero attached hydrogens (tertiary/aromatic N) is 1. The fourth-order valence-electron chi connectivity index (χ4n) is 4.77. The van der Waals surface area contributed by atoms with Crippen molar-refractivity contribution in [2.24, 2.45) is 17.8 Å². The van der Waals surface area contributed by atoms with E-state index < -0.39 is 0 Å². The van der Waals surface area contributed by atoms with Crippen molar-refractivity contribution in [1.82, 2.24) is 10.2 Å². The number of nitrogens with one attached hydrogen (secondary N) is 1. The van der Waals surface area contributed by atoms with E-state index in [0.29, 0.717) is 5.54 Å². The third-order valence-electron chi connectivity index (χ3n) is 6.39. The Morgan fingerprint density at radius 1 is 1.10 bits per heavy atom. The normalized spacial score (nSPS) is 44.0. The summed E-state index contributed by atoms with van der Waals surface area (Å²) in [4.78, 5) is 2.93. The lowest BCUT2D eigenvalue weighted by Gasteiger charge is -2.53. The van der Waals surface area contributed by atoms with Crippen LogP contribution < -0.4 is 5.32 Å². The molecule has 0 aromatic carbocycles. The molecule has 3 fully saturated rings. The van der Waals surface area contributed by atoms with Crippen molar-refractivity contribution < 1.29 is 0 Å². The van der Waals surface area contributed by atoms with Gasteiger partial charge in [0, 0.05) is 30.7 Å². The Kier molecular flexibility index (Phi) is 4.16. The highest BCUT2D eigenvalue weighted by atomic mass is 15.3. The molecule has 2 aliphatic carbocycles. The lowest BCUT2D eigenvalue weighted by atomic mass is 9.80. The average molecular weight is 278 g/mol. The van der Waals surface area contributed by atoms with E-state index in [9.17, 15) is 0 Å². The van der Waals surface area contributed by atoms with Crippen LogP contribution in [0, 0.1) is 17.8 Å². The van der Waals surface area contributed by atoms with Gasteiger partial charge in [0.05, 0.1) is 0 Å².